The first-order valence-corrected chi connectivity index (χ1v) is 7.79. The molecule has 0 saturated carbocycles. The summed E-state index contributed by atoms with van der Waals surface area (Å²) in [7, 11) is 2.24. The van der Waals surface area contributed by atoms with E-state index in [-0.39, 0.29) is 24.8 Å². The summed E-state index contributed by atoms with van der Waals surface area (Å²) in [6.07, 6.45) is 0. The quantitative estimate of drug-likeness (QED) is 0.682. The number of aromatic nitrogens is 2. The van der Waals surface area contributed by atoms with Gasteiger partial charge in [0.2, 0.25) is 0 Å². The molecule has 1 fully saturated rings. The van der Waals surface area contributed by atoms with E-state index in [1.165, 1.54) is 5.56 Å². The fourth-order valence-electron chi connectivity index (χ4n) is 2.81. The highest BCUT2D eigenvalue weighted by molar-refractivity contribution is 5.85. The van der Waals surface area contributed by atoms with Crippen molar-refractivity contribution < 1.29 is 26.4 Å². The van der Waals surface area contributed by atoms with Gasteiger partial charge in [0, 0.05) is 5.69 Å². The lowest BCUT2D eigenvalue weighted by Crippen LogP contribution is -3.00. The molecule has 0 radical (unpaired) electrons. The number of nitrogen functional groups attached to an aromatic ring is 1. The minimum absolute atomic E-state index is 0. The number of quaternary nitrogens is 1. The predicted molar refractivity (Wildman–Crippen MR) is 93.4 cm³/mol. The molecular formula is C16H26Cl2N4O2. The monoisotopic (exact) mass is 376 g/mol. The maximum atomic E-state index is 6.18. The Hall–Kier alpha value is -1.21. The molecule has 8 heteroatoms. The van der Waals surface area contributed by atoms with Crippen LogP contribution in [0.1, 0.15) is 11.3 Å². The smallest absolute Gasteiger partial charge is 0.257 e. The first-order chi connectivity index (χ1) is 10.5. The lowest BCUT2D eigenvalue weighted by atomic mass is 10.2. The first-order valence-electron chi connectivity index (χ1n) is 7.79. The van der Waals surface area contributed by atoms with Crippen molar-refractivity contribution in [1.82, 2.24) is 9.61 Å². The lowest BCUT2D eigenvalue weighted by Gasteiger charge is -2.37. The number of fused-ring (bicyclic) bond motifs is 1. The molecule has 2 aromatic rings. The number of pyridine rings is 1. The normalized spacial score (nSPS) is 16.3. The van der Waals surface area contributed by atoms with Gasteiger partial charge in [-0.05, 0) is 25.5 Å². The molecule has 2 N–H and O–H groups in total. The van der Waals surface area contributed by atoms with Crippen LogP contribution in [0.3, 0.4) is 0 Å². The molecule has 1 aliphatic heterocycles. The number of aryl methyl sites for hydroxylation is 2. The highest BCUT2D eigenvalue weighted by Crippen LogP contribution is 2.27. The number of morpholine rings is 1. The Kier molecular flexibility index (Phi) is 7.16. The summed E-state index contributed by atoms with van der Waals surface area (Å²) in [6.45, 7) is 9.37. The van der Waals surface area contributed by atoms with Crippen molar-refractivity contribution in [3.05, 3.63) is 23.4 Å². The Morgan fingerprint density at radius 3 is 2.62 bits per heavy atom. The van der Waals surface area contributed by atoms with Gasteiger partial charge in [0.25, 0.3) is 5.88 Å². The fraction of sp³-hybridized carbons (Fsp3) is 0.562. The van der Waals surface area contributed by atoms with Crippen molar-refractivity contribution in [1.29, 1.82) is 0 Å². The van der Waals surface area contributed by atoms with Gasteiger partial charge in [0.1, 0.15) is 31.9 Å². The lowest BCUT2D eigenvalue weighted by molar-refractivity contribution is -0.916. The summed E-state index contributed by atoms with van der Waals surface area (Å²) in [6, 6.07) is 4.06. The van der Waals surface area contributed by atoms with Gasteiger partial charge in [-0.15, -0.1) is 17.5 Å². The molecule has 0 aliphatic carbocycles. The van der Waals surface area contributed by atoms with Crippen LogP contribution in [0.15, 0.2) is 12.1 Å². The molecule has 1 aliphatic rings. The molecule has 0 bridgehead atoms. The predicted octanol–water partition coefficient (Wildman–Crippen LogP) is -1.19. The molecule has 0 amide bonds. The van der Waals surface area contributed by atoms with Crippen LogP contribution in [0.4, 0.5) is 5.69 Å². The van der Waals surface area contributed by atoms with Crippen LogP contribution in [-0.2, 0) is 4.74 Å². The summed E-state index contributed by atoms with van der Waals surface area (Å²) < 4.78 is 14.1. The largest absolute Gasteiger partial charge is 1.00 e. The van der Waals surface area contributed by atoms with Crippen LogP contribution >= 0.6 is 12.4 Å². The van der Waals surface area contributed by atoms with Gasteiger partial charge >= 0.3 is 0 Å². The molecule has 24 heavy (non-hydrogen) atoms. The molecule has 136 valence electrons. The van der Waals surface area contributed by atoms with Crippen molar-refractivity contribution >= 4 is 23.6 Å². The molecule has 0 spiro atoms. The third-order valence-corrected chi connectivity index (χ3v) is 4.73. The first kappa shape index (κ1) is 20.8. The van der Waals surface area contributed by atoms with Crippen LogP contribution < -0.4 is 22.9 Å². The zero-order valence-electron chi connectivity index (χ0n) is 14.4. The summed E-state index contributed by atoms with van der Waals surface area (Å²) >= 11 is 0. The van der Waals surface area contributed by atoms with Crippen molar-refractivity contribution in [2.45, 2.75) is 13.8 Å². The second kappa shape index (κ2) is 8.25. The number of halogens is 2. The van der Waals surface area contributed by atoms with Crippen LogP contribution in [-0.4, -0.2) is 60.6 Å². The number of likely N-dealkylation sites (N-methyl/N-ethyl adjacent to an activating group) is 1. The average Bonchev–Trinajstić information content (AvgIpc) is 2.81. The standard InChI is InChI=1S/C16H25N4O2.2ClH/c1-12-4-5-14-15(17)16(18-19(14)13(12)2)22-11-8-20(3)6-9-21-10-7-20;;/h4-5H,6-11,17H2,1-3H3;2*1H/q+1;;/p-1. The second-order valence-corrected chi connectivity index (χ2v) is 6.37. The number of rotatable bonds is 4. The van der Waals surface area contributed by atoms with Crippen LogP contribution in [0.5, 0.6) is 5.88 Å². The maximum absolute atomic E-state index is 6.18. The van der Waals surface area contributed by atoms with Gasteiger partial charge in [0.05, 0.1) is 25.8 Å². The summed E-state index contributed by atoms with van der Waals surface area (Å²) in [4.78, 5) is 0. The molecule has 0 unspecified atom stereocenters. The molecule has 6 nitrogen and oxygen atoms in total. The van der Waals surface area contributed by atoms with Crippen molar-refractivity contribution in [3.63, 3.8) is 0 Å². The Balaban J connectivity index is 0.00000144. The van der Waals surface area contributed by atoms with Crippen LogP contribution in [0, 0.1) is 13.8 Å². The fourth-order valence-corrected chi connectivity index (χ4v) is 2.81. The topological polar surface area (TPSA) is 61.8 Å². The van der Waals surface area contributed by atoms with E-state index >= 15 is 0 Å². The highest BCUT2D eigenvalue weighted by atomic mass is 35.5. The van der Waals surface area contributed by atoms with E-state index < -0.39 is 0 Å². The zero-order valence-corrected chi connectivity index (χ0v) is 16.0. The summed E-state index contributed by atoms with van der Waals surface area (Å²) in [5, 5.41) is 4.52. The van der Waals surface area contributed by atoms with Crippen molar-refractivity contribution in [2.24, 2.45) is 0 Å². The van der Waals surface area contributed by atoms with Gasteiger partial charge in [-0.2, -0.15) is 0 Å². The van der Waals surface area contributed by atoms with Crippen LogP contribution in [0.25, 0.3) is 5.52 Å². The van der Waals surface area contributed by atoms with Gasteiger partial charge in [-0.25, -0.2) is 4.52 Å². The van der Waals surface area contributed by atoms with E-state index in [4.69, 9.17) is 15.2 Å². The molecule has 3 rings (SSSR count). The second-order valence-electron chi connectivity index (χ2n) is 6.37. The number of hydrogen-bond donors (Lipinski definition) is 1. The van der Waals surface area contributed by atoms with Gasteiger partial charge in [-0.3, -0.25) is 0 Å². The summed E-state index contributed by atoms with van der Waals surface area (Å²) in [5.74, 6) is 0.536. The molecule has 1 saturated heterocycles. The highest BCUT2D eigenvalue weighted by Gasteiger charge is 2.25. The number of nitrogens with two attached hydrogens (primary N) is 1. The zero-order chi connectivity index (χ0) is 15.7. The van der Waals surface area contributed by atoms with E-state index in [2.05, 4.69) is 25.1 Å². The summed E-state index contributed by atoms with van der Waals surface area (Å²) in [5.41, 5.74) is 9.98. The Morgan fingerprint density at radius 1 is 1.29 bits per heavy atom. The van der Waals surface area contributed by atoms with Gasteiger partial charge < -0.3 is 32.1 Å². The van der Waals surface area contributed by atoms with Crippen molar-refractivity contribution in [3.8, 4) is 5.88 Å². The minimum atomic E-state index is 0. The number of hydrogen-bond acceptors (Lipinski definition) is 4. The maximum Gasteiger partial charge on any atom is 0.257 e. The van der Waals surface area contributed by atoms with E-state index in [0.29, 0.717) is 18.2 Å². The average molecular weight is 377 g/mol. The van der Waals surface area contributed by atoms with E-state index in [9.17, 15) is 0 Å². The van der Waals surface area contributed by atoms with E-state index in [0.717, 1.165) is 48.5 Å². The SMILES string of the molecule is Cc1ccc2c(N)c(OCC[N+]3(C)CCOCC3)nn2c1C.Cl.[Cl-]. The molecule has 0 aromatic carbocycles. The van der Waals surface area contributed by atoms with Crippen molar-refractivity contribution in [2.75, 3.05) is 52.2 Å². The van der Waals surface area contributed by atoms with E-state index in [1.807, 2.05) is 17.5 Å². The third kappa shape index (κ3) is 4.06. The minimum Gasteiger partial charge on any atom is -1.00 e. The molecule has 2 aromatic heterocycles. The van der Waals surface area contributed by atoms with Gasteiger partial charge in [0.15, 0.2) is 0 Å². The third-order valence-electron chi connectivity index (χ3n) is 4.73. The number of anilines is 1. The number of ether oxygens (including phenoxy) is 2. The number of nitrogens with zero attached hydrogens (tertiary/aromatic N) is 3. The Labute approximate surface area is 155 Å². The Morgan fingerprint density at radius 2 is 1.96 bits per heavy atom. The Bertz CT molecular complexity index is 684. The molecule has 3 heterocycles. The van der Waals surface area contributed by atoms with Gasteiger partial charge in [-0.1, -0.05) is 6.07 Å². The van der Waals surface area contributed by atoms with Crippen LogP contribution in [0.2, 0.25) is 0 Å². The molecular weight excluding hydrogens is 351 g/mol. The van der Waals surface area contributed by atoms with E-state index in [1.54, 1.807) is 0 Å². The molecule has 0 atom stereocenters.